The maximum atomic E-state index is 9.73. The molecule has 1 aromatic carbocycles. The summed E-state index contributed by atoms with van der Waals surface area (Å²) in [6.07, 6.45) is 4.05. The minimum atomic E-state index is -0.550. The molecule has 0 fully saturated rings. The molecule has 0 radical (unpaired) electrons. The summed E-state index contributed by atoms with van der Waals surface area (Å²) in [6, 6.07) is 5.66. The average molecular weight is 325 g/mol. The predicted octanol–water partition coefficient (Wildman–Crippen LogP) is 2.86. The summed E-state index contributed by atoms with van der Waals surface area (Å²) >= 11 is 3.39. The van der Waals surface area contributed by atoms with Gasteiger partial charge < -0.3 is 9.84 Å². The summed E-state index contributed by atoms with van der Waals surface area (Å²) in [6.45, 7) is 2.29. The third kappa shape index (κ3) is 3.81. The Labute approximate surface area is 121 Å². The third-order valence-corrected chi connectivity index (χ3v) is 3.32. The van der Waals surface area contributed by atoms with E-state index >= 15 is 0 Å². The van der Waals surface area contributed by atoms with Crippen LogP contribution in [-0.4, -0.2) is 21.5 Å². The van der Waals surface area contributed by atoms with Crippen molar-refractivity contribution >= 4 is 15.9 Å². The lowest BCUT2D eigenvalue weighted by Crippen LogP contribution is -2.04. The highest BCUT2D eigenvalue weighted by atomic mass is 79.9. The van der Waals surface area contributed by atoms with Gasteiger partial charge in [-0.1, -0.05) is 15.9 Å². The van der Waals surface area contributed by atoms with Crippen molar-refractivity contribution in [3.8, 4) is 5.75 Å². The van der Waals surface area contributed by atoms with Gasteiger partial charge in [-0.05, 0) is 30.7 Å². The van der Waals surface area contributed by atoms with E-state index in [4.69, 9.17) is 4.74 Å². The average Bonchev–Trinajstić information content (AvgIpc) is 2.77. The van der Waals surface area contributed by atoms with Crippen LogP contribution in [0.5, 0.6) is 5.75 Å². The number of benzene rings is 1. The zero-order valence-electron chi connectivity index (χ0n) is 11.0. The number of aliphatic hydroxyl groups is 1. The van der Waals surface area contributed by atoms with E-state index in [1.807, 2.05) is 37.6 Å². The van der Waals surface area contributed by atoms with Gasteiger partial charge in [-0.25, -0.2) is 0 Å². The molecule has 1 heterocycles. The first kappa shape index (κ1) is 14.1. The second-order valence-corrected chi connectivity index (χ2v) is 5.39. The summed E-state index contributed by atoms with van der Waals surface area (Å²) in [5.41, 5.74) is 1.93. The number of aliphatic hydroxyl groups excluding tert-OH is 1. The zero-order valence-corrected chi connectivity index (χ0v) is 12.6. The molecule has 2 aromatic rings. The van der Waals surface area contributed by atoms with Gasteiger partial charge in [0, 0.05) is 29.7 Å². The van der Waals surface area contributed by atoms with Crippen molar-refractivity contribution < 1.29 is 9.84 Å². The van der Waals surface area contributed by atoms with E-state index in [0.717, 1.165) is 27.8 Å². The first-order valence-corrected chi connectivity index (χ1v) is 6.93. The fraction of sp³-hybridized carbons (Fsp3) is 0.357. The molecule has 0 saturated heterocycles. The van der Waals surface area contributed by atoms with Gasteiger partial charge in [0.2, 0.25) is 0 Å². The molecule has 19 heavy (non-hydrogen) atoms. The molecule has 0 spiro atoms. The van der Waals surface area contributed by atoms with Gasteiger partial charge in [-0.3, -0.25) is 4.68 Å². The fourth-order valence-corrected chi connectivity index (χ4v) is 2.24. The second kappa shape index (κ2) is 6.21. The molecule has 0 aliphatic rings. The minimum Gasteiger partial charge on any atom is -0.493 e. The lowest BCUT2D eigenvalue weighted by atomic mass is 10.1. The summed E-state index contributed by atoms with van der Waals surface area (Å²) in [5.74, 6) is 0.724. The molecular formula is C14H17BrN2O2. The van der Waals surface area contributed by atoms with Crippen LogP contribution in [0.1, 0.15) is 24.2 Å². The SMILES string of the molecule is C[C@@H](O)c1cc(Br)ccc1OCCc1cnn(C)c1. The van der Waals surface area contributed by atoms with Gasteiger partial charge >= 0.3 is 0 Å². The van der Waals surface area contributed by atoms with E-state index in [2.05, 4.69) is 21.0 Å². The Morgan fingerprint density at radius 1 is 1.47 bits per heavy atom. The molecule has 4 nitrogen and oxygen atoms in total. The fourth-order valence-electron chi connectivity index (χ4n) is 1.86. The van der Waals surface area contributed by atoms with Crippen molar-refractivity contribution in [2.24, 2.45) is 7.05 Å². The number of rotatable bonds is 5. The molecule has 0 bridgehead atoms. The standard InChI is InChI=1S/C14H17BrN2O2/c1-10(18)13-7-12(15)3-4-14(13)19-6-5-11-8-16-17(2)9-11/h3-4,7-10,18H,5-6H2,1-2H3/t10-/m1/s1. The van der Waals surface area contributed by atoms with E-state index < -0.39 is 6.10 Å². The quantitative estimate of drug-likeness (QED) is 0.919. The summed E-state index contributed by atoms with van der Waals surface area (Å²) in [7, 11) is 1.89. The highest BCUT2D eigenvalue weighted by Gasteiger charge is 2.10. The number of aryl methyl sites for hydroxylation is 1. The van der Waals surface area contributed by atoms with E-state index in [0.29, 0.717) is 6.61 Å². The number of hydrogen-bond donors (Lipinski definition) is 1. The lowest BCUT2D eigenvalue weighted by molar-refractivity contribution is 0.191. The van der Waals surface area contributed by atoms with E-state index in [-0.39, 0.29) is 0 Å². The maximum Gasteiger partial charge on any atom is 0.125 e. The van der Waals surface area contributed by atoms with Crippen LogP contribution < -0.4 is 4.74 Å². The van der Waals surface area contributed by atoms with Gasteiger partial charge in [0.05, 0.1) is 18.9 Å². The Kier molecular flexibility index (Phi) is 4.61. The molecule has 1 atom stereocenters. The first-order valence-electron chi connectivity index (χ1n) is 6.14. The number of nitrogens with zero attached hydrogens (tertiary/aromatic N) is 2. The van der Waals surface area contributed by atoms with Crippen LogP contribution in [-0.2, 0) is 13.5 Å². The number of aromatic nitrogens is 2. The summed E-state index contributed by atoms with van der Waals surface area (Å²) in [4.78, 5) is 0. The molecule has 0 aliphatic heterocycles. The van der Waals surface area contributed by atoms with Crippen LogP contribution in [0.4, 0.5) is 0 Å². The van der Waals surface area contributed by atoms with Crippen LogP contribution in [0, 0.1) is 0 Å². The van der Waals surface area contributed by atoms with Crippen LogP contribution in [0.3, 0.4) is 0 Å². The molecule has 0 amide bonds. The molecular weight excluding hydrogens is 308 g/mol. The van der Waals surface area contributed by atoms with Crippen molar-refractivity contribution in [3.63, 3.8) is 0 Å². The number of ether oxygens (including phenoxy) is 1. The largest absolute Gasteiger partial charge is 0.493 e. The molecule has 1 N–H and O–H groups in total. The third-order valence-electron chi connectivity index (χ3n) is 2.83. The molecule has 0 unspecified atom stereocenters. The first-order chi connectivity index (χ1) is 9.06. The highest BCUT2D eigenvalue weighted by Crippen LogP contribution is 2.28. The molecule has 1 aromatic heterocycles. The minimum absolute atomic E-state index is 0.550. The molecule has 0 aliphatic carbocycles. The van der Waals surface area contributed by atoms with Crippen molar-refractivity contribution in [2.75, 3.05) is 6.61 Å². The Morgan fingerprint density at radius 2 is 2.26 bits per heavy atom. The van der Waals surface area contributed by atoms with Crippen molar-refractivity contribution in [3.05, 3.63) is 46.2 Å². The van der Waals surface area contributed by atoms with Crippen LogP contribution >= 0.6 is 15.9 Å². The van der Waals surface area contributed by atoms with Crippen molar-refractivity contribution in [1.29, 1.82) is 0 Å². The Hall–Kier alpha value is -1.33. The van der Waals surface area contributed by atoms with Gasteiger partial charge in [-0.2, -0.15) is 5.10 Å². The van der Waals surface area contributed by atoms with Crippen LogP contribution in [0.2, 0.25) is 0 Å². The van der Waals surface area contributed by atoms with Gasteiger partial charge in [0.1, 0.15) is 5.75 Å². The molecule has 5 heteroatoms. The predicted molar refractivity (Wildman–Crippen MR) is 77.2 cm³/mol. The lowest BCUT2D eigenvalue weighted by Gasteiger charge is -2.13. The van der Waals surface area contributed by atoms with Gasteiger partial charge in [-0.15, -0.1) is 0 Å². The van der Waals surface area contributed by atoms with Crippen LogP contribution in [0.25, 0.3) is 0 Å². The topological polar surface area (TPSA) is 47.3 Å². The Balaban J connectivity index is 1.99. The van der Waals surface area contributed by atoms with E-state index in [1.54, 1.807) is 11.6 Å². The Bertz CT molecular complexity index is 552. The molecule has 0 saturated carbocycles. The summed E-state index contributed by atoms with van der Waals surface area (Å²) in [5, 5.41) is 13.8. The normalized spacial score (nSPS) is 12.4. The zero-order chi connectivity index (χ0) is 13.8. The highest BCUT2D eigenvalue weighted by molar-refractivity contribution is 9.10. The van der Waals surface area contributed by atoms with Crippen molar-refractivity contribution in [2.45, 2.75) is 19.4 Å². The molecule has 2 rings (SSSR count). The van der Waals surface area contributed by atoms with Crippen molar-refractivity contribution in [1.82, 2.24) is 9.78 Å². The number of halogens is 1. The van der Waals surface area contributed by atoms with Gasteiger partial charge in [0.15, 0.2) is 0 Å². The Morgan fingerprint density at radius 3 is 2.89 bits per heavy atom. The smallest absolute Gasteiger partial charge is 0.125 e. The van der Waals surface area contributed by atoms with Gasteiger partial charge in [0.25, 0.3) is 0 Å². The molecule has 102 valence electrons. The van der Waals surface area contributed by atoms with Crippen LogP contribution in [0.15, 0.2) is 35.1 Å². The van der Waals surface area contributed by atoms with E-state index in [1.165, 1.54) is 0 Å². The second-order valence-electron chi connectivity index (χ2n) is 4.48. The summed E-state index contributed by atoms with van der Waals surface area (Å²) < 4.78 is 8.46. The monoisotopic (exact) mass is 324 g/mol. The maximum absolute atomic E-state index is 9.73. The van der Waals surface area contributed by atoms with E-state index in [9.17, 15) is 5.11 Å². The number of hydrogen-bond acceptors (Lipinski definition) is 3.